The van der Waals surface area contributed by atoms with Gasteiger partial charge >= 0.3 is 0 Å². The second-order valence-electron chi connectivity index (χ2n) is 3.96. The maximum absolute atomic E-state index is 12.6. The summed E-state index contributed by atoms with van der Waals surface area (Å²) >= 11 is 6.49. The first-order valence-corrected chi connectivity index (χ1v) is 9.07. The molecule has 20 heavy (non-hydrogen) atoms. The van der Waals surface area contributed by atoms with Gasteiger partial charge < -0.3 is 5.32 Å². The van der Waals surface area contributed by atoms with Crippen LogP contribution in [0.25, 0.3) is 0 Å². The van der Waals surface area contributed by atoms with Crippen molar-refractivity contribution in [2.45, 2.75) is 18.7 Å². The second kappa shape index (κ2) is 7.53. The van der Waals surface area contributed by atoms with Crippen LogP contribution in [0.2, 0.25) is 0 Å². The number of benzene rings is 1. The van der Waals surface area contributed by atoms with Gasteiger partial charge in [0.1, 0.15) is 0 Å². The first-order chi connectivity index (χ1) is 9.32. The standard InChI is InChI=1S/C12H16Br2N2O3S/c1-3-15-12(17)8-16(4-2)20(18,19)11-7-9(13)5-6-10(11)14/h5-7H,3-4,8H2,1-2H3,(H,15,17). The molecule has 0 unspecified atom stereocenters. The lowest BCUT2D eigenvalue weighted by molar-refractivity contribution is -0.121. The molecule has 0 spiro atoms. The van der Waals surface area contributed by atoms with Gasteiger partial charge in [0.25, 0.3) is 0 Å². The Morgan fingerprint density at radius 2 is 1.95 bits per heavy atom. The van der Waals surface area contributed by atoms with Crippen molar-refractivity contribution in [3.63, 3.8) is 0 Å². The first-order valence-electron chi connectivity index (χ1n) is 6.04. The van der Waals surface area contributed by atoms with Crippen molar-refractivity contribution < 1.29 is 13.2 Å². The van der Waals surface area contributed by atoms with Gasteiger partial charge in [0, 0.05) is 22.0 Å². The predicted octanol–water partition coefficient (Wildman–Crippen LogP) is 2.36. The highest BCUT2D eigenvalue weighted by atomic mass is 79.9. The van der Waals surface area contributed by atoms with E-state index in [9.17, 15) is 13.2 Å². The lowest BCUT2D eigenvalue weighted by Crippen LogP contribution is -2.40. The summed E-state index contributed by atoms with van der Waals surface area (Å²) in [5.41, 5.74) is 0. The number of sulfonamides is 1. The van der Waals surface area contributed by atoms with Crippen LogP contribution in [0.5, 0.6) is 0 Å². The summed E-state index contributed by atoms with van der Waals surface area (Å²) in [4.78, 5) is 11.7. The monoisotopic (exact) mass is 426 g/mol. The average Bonchev–Trinajstić information content (AvgIpc) is 2.38. The Morgan fingerprint density at radius 1 is 1.30 bits per heavy atom. The van der Waals surface area contributed by atoms with E-state index in [0.717, 1.165) is 4.31 Å². The molecule has 0 aromatic heterocycles. The molecule has 1 rings (SSSR count). The molecule has 112 valence electrons. The minimum Gasteiger partial charge on any atom is -0.355 e. The third kappa shape index (κ3) is 4.28. The molecule has 5 nitrogen and oxygen atoms in total. The van der Waals surface area contributed by atoms with Gasteiger partial charge in [-0.3, -0.25) is 4.79 Å². The van der Waals surface area contributed by atoms with Crippen LogP contribution in [0, 0.1) is 0 Å². The Morgan fingerprint density at radius 3 is 2.50 bits per heavy atom. The van der Waals surface area contributed by atoms with Crippen molar-refractivity contribution in [1.29, 1.82) is 0 Å². The van der Waals surface area contributed by atoms with Crippen LogP contribution in [-0.2, 0) is 14.8 Å². The number of hydrogen-bond acceptors (Lipinski definition) is 3. The number of carbonyl (C=O) groups excluding carboxylic acids is 1. The maximum Gasteiger partial charge on any atom is 0.244 e. The highest BCUT2D eigenvalue weighted by Crippen LogP contribution is 2.28. The molecule has 0 saturated heterocycles. The number of carbonyl (C=O) groups is 1. The molecule has 0 atom stereocenters. The third-order valence-corrected chi connectivity index (χ3v) is 5.97. The molecular weight excluding hydrogens is 412 g/mol. The second-order valence-corrected chi connectivity index (χ2v) is 7.64. The van der Waals surface area contributed by atoms with Gasteiger partial charge in [0.15, 0.2) is 0 Å². The van der Waals surface area contributed by atoms with Crippen LogP contribution >= 0.6 is 31.9 Å². The smallest absolute Gasteiger partial charge is 0.244 e. The summed E-state index contributed by atoms with van der Waals surface area (Å²) in [5.74, 6) is -0.316. The van der Waals surface area contributed by atoms with Gasteiger partial charge in [-0.25, -0.2) is 8.42 Å². The van der Waals surface area contributed by atoms with E-state index in [2.05, 4.69) is 37.2 Å². The summed E-state index contributed by atoms with van der Waals surface area (Å²) in [6.07, 6.45) is 0. The van der Waals surface area contributed by atoms with Gasteiger partial charge in [0.2, 0.25) is 15.9 Å². The Hall–Kier alpha value is -0.440. The van der Waals surface area contributed by atoms with Crippen molar-refractivity contribution in [2.24, 2.45) is 0 Å². The molecule has 0 radical (unpaired) electrons. The van der Waals surface area contributed by atoms with Crippen molar-refractivity contribution in [3.8, 4) is 0 Å². The zero-order chi connectivity index (χ0) is 15.3. The Bertz CT molecular complexity index is 590. The molecule has 0 aliphatic carbocycles. The fourth-order valence-electron chi connectivity index (χ4n) is 1.59. The fourth-order valence-corrected chi connectivity index (χ4v) is 4.46. The van der Waals surface area contributed by atoms with Crippen LogP contribution in [-0.4, -0.2) is 38.3 Å². The van der Waals surface area contributed by atoms with Crippen molar-refractivity contribution in [2.75, 3.05) is 19.6 Å². The molecule has 0 saturated carbocycles. The van der Waals surface area contributed by atoms with Crippen LogP contribution in [0.3, 0.4) is 0 Å². The van der Waals surface area contributed by atoms with E-state index >= 15 is 0 Å². The van der Waals surface area contributed by atoms with E-state index in [4.69, 9.17) is 0 Å². The van der Waals surface area contributed by atoms with Crippen LogP contribution in [0.4, 0.5) is 0 Å². The zero-order valence-electron chi connectivity index (χ0n) is 11.2. The van der Waals surface area contributed by atoms with Gasteiger partial charge in [-0.05, 0) is 41.1 Å². The number of nitrogens with zero attached hydrogens (tertiary/aromatic N) is 1. The SMILES string of the molecule is CCNC(=O)CN(CC)S(=O)(=O)c1cc(Br)ccc1Br. The topological polar surface area (TPSA) is 66.5 Å². The van der Waals surface area contributed by atoms with Gasteiger partial charge in [-0.15, -0.1) is 0 Å². The Balaban J connectivity index is 3.12. The lowest BCUT2D eigenvalue weighted by atomic mass is 10.4. The lowest BCUT2D eigenvalue weighted by Gasteiger charge is -2.20. The molecule has 1 N–H and O–H groups in total. The minimum atomic E-state index is -3.72. The molecular formula is C12H16Br2N2O3S. The average molecular weight is 428 g/mol. The molecule has 1 amide bonds. The number of rotatable bonds is 6. The minimum absolute atomic E-state index is 0.137. The van der Waals surface area contributed by atoms with E-state index in [0.29, 0.717) is 15.5 Å². The quantitative estimate of drug-likeness (QED) is 0.757. The largest absolute Gasteiger partial charge is 0.355 e. The van der Waals surface area contributed by atoms with Crippen LogP contribution < -0.4 is 5.32 Å². The van der Waals surface area contributed by atoms with Crippen LogP contribution in [0.1, 0.15) is 13.8 Å². The summed E-state index contributed by atoms with van der Waals surface area (Å²) < 4.78 is 27.4. The molecule has 0 aliphatic rings. The van der Waals surface area contributed by atoms with E-state index < -0.39 is 10.0 Å². The van der Waals surface area contributed by atoms with Crippen LogP contribution in [0.15, 0.2) is 32.0 Å². The summed E-state index contributed by atoms with van der Waals surface area (Å²) in [7, 11) is -3.72. The number of amides is 1. The molecule has 1 aromatic carbocycles. The zero-order valence-corrected chi connectivity index (χ0v) is 15.2. The summed E-state index contributed by atoms with van der Waals surface area (Å²) in [6, 6.07) is 4.90. The van der Waals surface area contributed by atoms with Gasteiger partial charge in [0.05, 0.1) is 11.4 Å². The number of likely N-dealkylation sites (N-methyl/N-ethyl adjacent to an activating group) is 2. The molecule has 0 bridgehead atoms. The fraction of sp³-hybridized carbons (Fsp3) is 0.417. The Kier molecular flexibility index (Phi) is 6.63. The number of nitrogens with one attached hydrogen (secondary N) is 1. The molecule has 1 aromatic rings. The first kappa shape index (κ1) is 17.6. The molecule has 0 fully saturated rings. The van der Waals surface area contributed by atoms with E-state index in [1.807, 2.05) is 0 Å². The normalized spacial score (nSPS) is 11.7. The van der Waals surface area contributed by atoms with Crippen molar-refractivity contribution in [3.05, 3.63) is 27.1 Å². The van der Waals surface area contributed by atoms with E-state index in [1.54, 1.807) is 26.0 Å². The van der Waals surface area contributed by atoms with Crippen molar-refractivity contribution in [1.82, 2.24) is 9.62 Å². The highest BCUT2D eigenvalue weighted by molar-refractivity contribution is 9.11. The predicted molar refractivity (Wildman–Crippen MR) is 85.0 cm³/mol. The number of hydrogen-bond donors (Lipinski definition) is 1. The third-order valence-electron chi connectivity index (χ3n) is 2.56. The molecule has 0 heterocycles. The summed E-state index contributed by atoms with van der Waals surface area (Å²) in [6.45, 7) is 3.98. The van der Waals surface area contributed by atoms with Gasteiger partial charge in [-0.2, -0.15) is 4.31 Å². The molecule has 0 aliphatic heterocycles. The summed E-state index contributed by atoms with van der Waals surface area (Å²) in [5, 5.41) is 2.59. The highest BCUT2D eigenvalue weighted by Gasteiger charge is 2.27. The van der Waals surface area contributed by atoms with Gasteiger partial charge in [-0.1, -0.05) is 22.9 Å². The molecule has 8 heteroatoms. The number of halogens is 2. The van der Waals surface area contributed by atoms with E-state index in [-0.39, 0.29) is 23.9 Å². The Labute approximate surface area is 136 Å². The van der Waals surface area contributed by atoms with Crippen molar-refractivity contribution >= 4 is 47.8 Å². The van der Waals surface area contributed by atoms with E-state index in [1.165, 1.54) is 6.07 Å². The maximum atomic E-state index is 12.6.